The van der Waals surface area contributed by atoms with E-state index in [2.05, 4.69) is 61.8 Å². The molecule has 31 heavy (non-hydrogen) atoms. The number of fused-ring (bicyclic) bond motifs is 2. The molecule has 0 unspecified atom stereocenters. The zero-order valence-electron chi connectivity index (χ0n) is 17.5. The molecule has 0 saturated carbocycles. The maximum atomic E-state index is 5.35. The fourth-order valence-corrected chi connectivity index (χ4v) is 3.86. The topological polar surface area (TPSA) is 90.6 Å². The number of hydrogen-bond acceptors (Lipinski definition) is 5. The number of ether oxygens (including phenoxy) is 1. The molecule has 0 atom stereocenters. The highest BCUT2D eigenvalue weighted by atomic mass is 16.5. The Labute approximate surface area is 179 Å². The van der Waals surface area contributed by atoms with Crippen LogP contribution in [0.5, 0.6) is 5.75 Å². The summed E-state index contributed by atoms with van der Waals surface area (Å²) in [6, 6.07) is 16.2. The molecular weight excluding hydrogens is 388 g/mol. The van der Waals surface area contributed by atoms with Gasteiger partial charge in [0.2, 0.25) is 5.95 Å². The van der Waals surface area contributed by atoms with Crippen LogP contribution >= 0.6 is 0 Å². The summed E-state index contributed by atoms with van der Waals surface area (Å²) >= 11 is 0. The molecule has 0 aliphatic heterocycles. The molecule has 2 aromatic carbocycles. The van der Waals surface area contributed by atoms with Crippen molar-refractivity contribution in [3.8, 4) is 5.75 Å². The second-order valence-electron chi connectivity index (χ2n) is 7.51. The minimum Gasteiger partial charge on any atom is -0.497 e. The second-order valence-corrected chi connectivity index (χ2v) is 7.51. The third kappa shape index (κ3) is 3.90. The van der Waals surface area contributed by atoms with Crippen molar-refractivity contribution in [2.24, 2.45) is 0 Å². The summed E-state index contributed by atoms with van der Waals surface area (Å²) in [7, 11) is 1.69. The van der Waals surface area contributed by atoms with Gasteiger partial charge in [-0.25, -0.2) is 4.98 Å². The molecule has 0 spiro atoms. The first-order valence-electron chi connectivity index (χ1n) is 10.3. The smallest absolute Gasteiger partial charge is 0.224 e. The summed E-state index contributed by atoms with van der Waals surface area (Å²) < 4.78 is 5.35. The van der Waals surface area contributed by atoms with E-state index in [4.69, 9.17) is 4.74 Å². The Morgan fingerprint density at radius 2 is 1.97 bits per heavy atom. The van der Waals surface area contributed by atoms with Crippen LogP contribution in [0.25, 0.3) is 21.8 Å². The van der Waals surface area contributed by atoms with Crippen molar-refractivity contribution in [1.82, 2.24) is 19.9 Å². The van der Waals surface area contributed by atoms with Crippen LogP contribution in [-0.2, 0) is 6.42 Å². The average molecular weight is 412 g/mol. The number of methoxy groups -OCH3 is 1. The molecule has 7 heteroatoms. The van der Waals surface area contributed by atoms with Gasteiger partial charge in [-0.1, -0.05) is 6.07 Å². The van der Waals surface area contributed by atoms with Gasteiger partial charge in [0, 0.05) is 52.1 Å². The van der Waals surface area contributed by atoms with Crippen molar-refractivity contribution in [1.29, 1.82) is 0 Å². The van der Waals surface area contributed by atoms with Gasteiger partial charge >= 0.3 is 0 Å². The number of nitrogens with zero attached hydrogens (tertiary/aromatic N) is 2. The van der Waals surface area contributed by atoms with Crippen molar-refractivity contribution in [3.63, 3.8) is 0 Å². The predicted molar refractivity (Wildman–Crippen MR) is 125 cm³/mol. The van der Waals surface area contributed by atoms with Gasteiger partial charge in [0.05, 0.1) is 7.11 Å². The molecular formula is C24H24N6O. The van der Waals surface area contributed by atoms with Crippen molar-refractivity contribution in [2.45, 2.75) is 13.3 Å². The molecule has 156 valence electrons. The Bertz CT molecular complexity index is 1350. The maximum Gasteiger partial charge on any atom is 0.224 e. The zero-order chi connectivity index (χ0) is 21.2. The second kappa shape index (κ2) is 8.02. The highest BCUT2D eigenvalue weighted by Gasteiger charge is 2.07. The largest absolute Gasteiger partial charge is 0.497 e. The van der Waals surface area contributed by atoms with Gasteiger partial charge in [0.1, 0.15) is 11.6 Å². The van der Waals surface area contributed by atoms with Gasteiger partial charge < -0.3 is 25.3 Å². The van der Waals surface area contributed by atoms with Crippen LogP contribution < -0.4 is 15.4 Å². The molecule has 3 aromatic heterocycles. The molecule has 3 heterocycles. The number of anilines is 3. The van der Waals surface area contributed by atoms with Crippen LogP contribution in [0.15, 0.2) is 60.9 Å². The van der Waals surface area contributed by atoms with Crippen LogP contribution in [0.1, 0.15) is 11.3 Å². The molecule has 4 N–H and O–H groups in total. The first kappa shape index (κ1) is 19.0. The van der Waals surface area contributed by atoms with Gasteiger partial charge in [0.25, 0.3) is 0 Å². The highest BCUT2D eigenvalue weighted by Crippen LogP contribution is 2.27. The van der Waals surface area contributed by atoms with Gasteiger partial charge in [0.15, 0.2) is 0 Å². The number of benzene rings is 2. The minimum absolute atomic E-state index is 0.597. The number of nitrogens with one attached hydrogen (secondary N) is 4. The summed E-state index contributed by atoms with van der Waals surface area (Å²) in [5, 5.41) is 9.06. The lowest BCUT2D eigenvalue weighted by Gasteiger charge is -2.09. The van der Waals surface area contributed by atoms with E-state index < -0.39 is 0 Å². The molecule has 0 bridgehead atoms. The first-order valence-corrected chi connectivity index (χ1v) is 10.3. The molecule has 0 aliphatic rings. The molecule has 0 fully saturated rings. The van der Waals surface area contributed by atoms with E-state index in [1.807, 2.05) is 30.5 Å². The number of rotatable bonds is 7. The first-order chi connectivity index (χ1) is 15.2. The summed E-state index contributed by atoms with van der Waals surface area (Å²) in [5.41, 5.74) is 5.58. The van der Waals surface area contributed by atoms with Crippen molar-refractivity contribution < 1.29 is 4.74 Å². The van der Waals surface area contributed by atoms with E-state index >= 15 is 0 Å². The summed E-state index contributed by atoms with van der Waals surface area (Å²) in [6.45, 7) is 2.78. The Kier molecular flexibility index (Phi) is 4.92. The quantitative estimate of drug-likeness (QED) is 0.297. The lowest BCUT2D eigenvalue weighted by molar-refractivity contribution is 0.415. The van der Waals surface area contributed by atoms with Crippen molar-refractivity contribution in [3.05, 3.63) is 72.2 Å². The van der Waals surface area contributed by atoms with Gasteiger partial charge in [-0.05, 0) is 61.4 Å². The highest BCUT2D eigenvalue weighted by molar-refractivity contribution is 5.94. The monoisotopic (exact) mass is 412 g/mol. The molecule has 5 rings (SSSR count). The molecule has 0 radical (unpaired) electrons. The van der Waals surface area contributed by atoms with Gasteiger partial charge in [-0.2, -0.15) is 4.98 Å². The predicted octanol–water partition coefficient (Wildman–Crippen LogP) is 5.15. The number of aromatic amines is 2. The maximum absolute atomic E-state index is 5.35. The molecule has 7 nitrogen and oxygen atoms in total. The van der Waals surface area contributed by atoms with E-state index in [1.54, 1.807) is 13.3 Å². The normalized spacial score (nSPS) is 11.2. The average Bonchev–Trinajstić information content (AvgIpc) is 3.37. The Balaban J connectivity index is 1.28. The van der Waals surface area contributed by atoms with E-state index in [1.165, 1.54) is 10.9 Å². The Morgan fingerprint density at radius 1 is 1.03 bits per heavy atom. The van der Waals surface area contributed by atoms with E-state index in [0.29, 0.717) is 5.95 Å². The Morgan fingerprint density at radius 3 is 2.87 bits per heavy atom. The third-order valence-corrected chi connectivity index (χ3v) is 5.37. The standard InChI is InChI=1S/C24H24N6O/c1-15-12-19-21(28-15)4-3-5-22(19)29-23-9-11-26-24(30-23)25-10-8-16-14-27-20-7-6-17(31-2)13-18(16)20/h3-7,9,11-14,27-28H,8,10H2,1-2H3,(H2,25,26,29,30). The molecule has 0 aliphatic carbocycles. The number of aryl methyl sites for hydroxylation is 1. The van der Waals surface area contributed by atoms with E-state index in [0.717, 1.165) is 52.3 Å². The summed E-state index contributed by atoms with van der Waals surface area (Å²) in [4.78, 5) is 15.7. The van der Waals surface area contributed by atoms with Crippen LogP contribution in [0, 0.1) is 6.92 Å². The third-order valence-electron chi connectivity index (χ3n) is 5.37. The van der Waals surface area contributed by atoms with Crippen LogP contribution in [0.3, 0.4) is 0 Å². The van der Waals surface area contributed by atoms with E-state index in [-0.39, 0.29) is 0 Å². The zero-order valence-corrected chi connectivity index (χ0v) is 17.5. The van der Waals surface area contributed by atoms with Crippen molar-refractivity contribution >= 4 is 39.3 Å². The Hall–Kier alpha value is -4.00. The number of H-pyrrole nitrogens is 2. The molecule has 0 amide bonds. The SMILES string of the molecule is COc1ccc2[nH]cc(CCNc3nccc(Nc4cccc5[nH]c(C)cc45)n3)c2c1. The fourth-order valence-electron chi connectivity index (χ4n) is 3.86. The summed E-state index contributed by atoms with van der Waals surface area (Å²) in [6.07, 6.45) is 4.65. The fraction of sp³-hybridized carbons (Fsp3) is 0.167. The lowest BCUT2D eigenvalue weighted by atomic mass is 10.1. The van der Waals surface area contributed by atoms with Crippen LogP contribution in [0.2, 0.25) is 0 Å². The summed E-state index contributed by atoms with van der Waals surface area (Å²) in [5.74, 6) is 2.21. The van der Waals surface area contributed by atoms with Gasteiger partial charge in [-0.3, -0.25) is 0 Å². The molecule has 0 saturated heterocycles. The van der Waals surface area contributed by atoms with Crippen LogP contribution in [0.4, 0.5) is 17.5 Å². The van der Waals surface area contributed by atoms with Gasteiger partial charge in [-0.15, -0.1) is 0 Å². The molecule has 5 aromatic rings. The lowest BCUT2D eigenvalue weighted by Crippen LogP contribution is -2.08. The number of aromatic nitrogens is 4. The number of hydrogen-bond donors (Lipinski definition) is 4. The van der Waals surface area contributed by atoms with Crippen LogP contribution in [-0.4, -0.2) is 33.6 Å². The van der Waals surface area contributed by atoms with Crippen molar-refractivity contribution in [2.75, 3.05) is 24.3 Å². The minimum atomic E-state index is 0.597. The van der Waals surface area contributed by atoms with E-state index in [9.17, 15) is 0 Å².